The molecule has 5 nitrogen and oxygen atoms in total. The highest BCUT2D eigenvalue weighted by atomic mass is 16.4. The molecular weight excluding hydrogens is 124 g/mol. The average molecular weight is 130 g/mol. The number of hydrogen-bond donors (Lipinski definition) is 3. The molecule has 0 aromatic heterocycles. The van der Waals surface area contributed by atoms with Crippen LogP contribution in [0.25, 0.3) is 0 Å². The Morgan fingerprint density at radius 1 is 1.67 bits per heavy atom. The normalized spacial score (nSPS) is 11.0. The lowest BCUT2D eigenvalue weighted by Gasteiger charge is -1.90. The maximum Gasteiger partial charge on any atom is 0.359 e. The molecule has 0 aliphatic carbocycles. The zero-order valence-corrected chi connectivity index (χ0v) is 4.75. The van der Waals surface area contributed by atoms with E-state index in [1.54, 1.807) is 0 Å². The van der Waals surface area contributed by atoms with Crippen LogP contribution in [0, 0.1) is 5.41 Å². The van der Waals surface area contributed by atoms with Crippen molar-refractivity contribution < 1.29 is 15.1 Å². The Morgan fingerprint density at radius 2 is 2.11 bits per heavy atom. The quantitative estimate of drug-likeness (QED) is 0.277. The molecule has 0 aromatic carbocycles. The fraction of sp³-hybridized carbons (Fsp3) is 0.250. The summed E-state index contributed by atoms with van der Waals surface area (Å²) >= 11 is 0. The summed E-state index contributed by atoms with van der Waals surface area (Å²) in [6.45, 7) is 1.23. The molecule has 0 aromatic rings. The van der Waals surface area contributed by atoms with Crippen LogP contribution in [0.3, 0.4) is 0 Å². The Labute approximate surface area is 51.1 Å². The van der Waals surface area contributed by atoms with E-state index in [1.165, 1.54) is 6.92 Å². The molecule has 0 heterocycles. The molecule has 0 spiro atoms. The van der Waals surface area contributed by atoms with Crippen molar-refractivity contribution >= 4 is 17.4 Å². The van der Waals surface area contributed by atoms with Gasteiger partial charge in [0.2, 0.25) is 5.71 Å². The number of aliphatic carboxylic acids is 1. The highest BCUT2D eigenvalue weighted by Crippen LogP contribution is 1.79. The van der Waals surface area contributed by atoms with E-state index >= 15 is 0 Å². The van der Waals surface area contributed by atoms with Gasteiger partial charge in [-0.25, -0.2) is 4.79 Å². The van der Waals surface area contributed by atoms with Gasteiger partial charge in [-0.1, -0.05) is 5.16 Å². The number of carboxylic acids is 1. The summed E-state index contributed by atoms with van der Waals surface area (Å²) in [5.41, 5.74) is -0.903. The fourth-order valence-corrected chi connectivity index (χ4v) is 0.278. The SMILES string of the molecule is CC(=N)/C(=N/O)C(=O)O. The first-order chi connectivity index (χ1) is 4.09. The lowest BCUT2D eigenvalue weighted by atomic mass is 10.3. The molecule has 0 saturated heterocycles. The van der Waals surface area contributed by atoms with Crippen LogP contribution >= 0.6 is 0 Å². The van der Waals surface area contributed by atoms with Gasteiger partial charge in [-0.15, -0.1) is 0 Å². The molecule has 0 radical (unpaired) electrons. The lowest BCUT2D eigenvalue weighted by Crippen LogP contribution is -2.20. The van der Waals surface area contributed by atoms with Gasteiger partial charge < -0.3 is 15.7 Å². The van der Waals surface area contributed by atoms with Crippen molar-refractivity contribution in [2.24, 2.45) is 5.16 Å². The summed E-state index contributed by atoms with van der Waals surface area (Å²) in [6.07, 6.45) is 0. The highest BCUT2D eigenvalue weighted by Gasteiger charge is 2.10. The van der Waals surface area contributed by atoms with Crippen molar-refractivity contribution in [3.05, 3.63) is 0 Å². The molecule has 0 unspecified atom stereocenters. The number of nitrogens with one attached hydrogen (secondary N) is 1. The summed E-state index contributed by atoms with van der Waals surface area (Å²) in [5.74, 6) is -1.40. The molecule has 0 saturated carbocycles. The van der Waals surface area contributed by atoms with Gasteiger partial charge in [0.25, 0.3) is 0 Å². The van der Waals surface area contributed by atoms with Gasteiger partial charge in [-0.05, 0) is 6.92 Å². The van der Waals surface area contributed by atoms with E-state index in [1.807, 2.05) is 0 Å². The molecule has 0 atom stereocenters. The van der Waals surface area contributed by atoms with Crippen LogP contribution in [0.15, 0.2) is 5.16 Å². The second-order valence-corrected chi connectivity index (χ2v) is 1.38. The first-order valence-electron chi connectivity index (χ1n) is 2.10. The van der Waals surface area contributed by atoms with Crippen molar-refractivity contribution in [3.8, 4) is 0 Å². The van der Waals surface area contributed by atoms with Crippen molar-refractivity contribution in [2.45, 2.75) is 6.92 Å². The van der Waals surface area contributed by atoms with Gasteiger partial charge in [0.15, 0.2) is 0 Å². The fourth-order valence-electron chi connectivity index (χ4n) is 0.278. The van der Waals surface area contributed by atoms with Crippen LogP contribution in [0.1, 0.15) is 6.92 Å². The Kier molecular flexibility index (Phi) is 2.37. The van der Waals surface area contributed by atoms with Gasteiger partial charge >= 0.3 is 5.97 Å². The molecule has 50 valence electrons. The zero-order chi connectivity index (χ0) is 7.44. The topological polar surface area (TPSA) is 93.7 Å². The maximum absolute atomic E-state index is 9.94. The van der Waals surface area contributed by atoms with Crippen LogP contribution in [0.2, 0.25) is 0 Å². The number of oxime groups is 1. The van der Waals surface area contributed by atoms with Crippen LogP contribution in [0.5, 0.6) is 0 Å². The second kappa shape index (κ2) is 2.81. The van der Waals surface area contributed by atoms with Crippen LogP contribution in [-0.2, 0) is 4.79 Å². The Hall–Kier alpha value is -1.39. The summed E-state index contributed by atoms with van der Waals surface area (Å²) in [7, 11) is 0. The average Bonchev–Trinajstić information content (AvgIpc) is 1.64. The number of carboxylic acid groups (broad SMARTS) is 1. The number of hydrogen-bond acceptors (Lipinski definition) is 4. The first-order valence-corrected chi connectivity index (χ1v) is 2.10. The minimum Gasteiger partial charge on any atom is -0.476 e. The Bertz CT molecular complexity index is 157. The van der Waals surface area contributed by atoms with Crippen molar-refractivity contribution in [2.75, 3.05) is 0 Å². The molecule has 5 heteroatoms. The summed E-state index contributed by atoms with van der Waals surface area (Å²) < 4.78 is 0. The van der Waals surface area contributed by atoms with Crippen LogP contribution in [0.4, 0.5) is 0 Å². The summed E-state index contributed by atoms with van der Waals surface area (Å²) in [5, 5.41) is 25.1. The standard InChI is InChI=1S/C4H6N2O3/c1-2(5)3(6-9)4(7)8/h5,9H,1H3,(H,7,8)/b5-2?,6-3-. The highest BCUT2D eigenvalue weighted by molar-refractivity contribution is 6.64. The molecular formula is C4H6N2O3. The molecule has 3 N–H and O–H groups in total. The van der Waals surface area contributed by atoms with E-state index in [-0.39, 0.29) is 5.71 Å². The zero-order valence-electron chi connectivity index (χ0n) is 4.75. The second-order valence-electron chi connectivity index (χ2n) is 1.38. The Morgan fingerprint density at radius 3 is 2.11 bits per heavy atom. The predicted molar refractivity (Wildman–Crippen MR) is 30.3 cm³/mol. The largest absolute Gasteiger partial charge is 0.476 e. The monoisotopic (exact) mass is 130 g/mol. The van der Waals surface area contributed by atoms with E-state index in [2.05, 4.69) is 5.16 Å². The van der Waals surface area contributed by atoms with Gasteiger partial charge in [-0.3, -0.25) is 0 Å². The third kappa shape index (κ3) is 1.89. The smallest absolute Gasteiger partial charge is 0.359 e. The van der Waals surface area contributed by atoms with E-state index in [0.717, 1.165) is 0 Å². The molecule has 0 bridgehead atoms. The van der Waals surface area contributed by atoms with Gasteiger partial charge in [0.1, 0.15) is 0 Å². The molecule has 0 aliphatic rings. The van der Waals surface area contributed by atoms with E-state index < -0.39 is 11.7 Å². The van der Waals surface area contributed by atoms with Crippen molar-refractivity contribution in [3.63, 3.8) is 0 Å². The first kappa shape index (κ1) is 7.61. The van der Waals surface area contributed by atoms with E-state index in [9.17, 15) is 4.79 Å². The molecule has 9 heavy (non-hydrogen) atoms. The molecule has 0 amide bonds. The maximum atomic E-state index is 9.94. The van der Waals surface area contributed by atoms with Crippen molar-refractivity contribution in [1.82, 2.24) is 0 Å². The van der Waals surface area contributed by atoms with E-state index in [0.29, 0.717) is 0 Å². The number of carbonyl (C=O) groups is 1. The van der Waals surface area contributed by atoms with Crippen molar-refractivity contribution in [1.29, 1.82) is 5.41 Å². The molecule has 0 rings (SSSR count). The van der Waals surface area contributed by atoms with Gasteiger partial charge in [0.05, 0.1) is 5.71 Å². The van der Waals surface area contributed by atoms with Gasteiger partial charge in [-0.2, -0.15) is 0 Å². The van der Waals surface area contributed by atoms with Crippen LogP contribution < -0.4 is 0 Å². The third-order valence-electron chi connectivity index (χ3n) is 0.658. The third-order valence-corrected chi connectivity index (χ3v) is 0.658. The summed E-state index contributed by atoms with van der Waals surface area (Å²) in [6, 6.07) is 0. The predicted octanol–water partition coefficient (Wildman–Crippen LogP) is -0.0591. The minimum absolute atomic E-state index is 0.273. The summed E-state index contributed by atoms with van der Waals surface area (Å²) in [4.78, 5) is 9.94. The molecule has 0 aliphatic heterocycles. The molecule has 0 fully saturated rings. The number of nitrogens with zero attached hydrogens (tertiary/aromatic N) is 1. The lowest BCUT2D eigenvalue weighted by molar-refractivity contribution is -0.129. The van der Waals surface area contributed by atoms with Crippen LogP contribution in [-0.4, -0.2) is 27.7 Å². The minimum atomic E-state index is -1.40. The van der Waals surface area contributed by atoms with Gasteiger partial charge in [0, 0.05) is 0 Å². The Balaban J connectivity index is 4.38. The number of rotatable bonds is 2. The van der Waals surface area contributed by atoms with E-state index in [4.69, 9.17) is 15.7 Å².